The first-order chi connectivity index (χ1) is 35.3. The molecule has 5 aromatic rings. The van der Waals surface area contributed by atoms with Crippen molar-refractivity contribution >= 4 is 76.4 Å². The standard InChI is InChI=1S/C50H64F2N10O10S2Si/c1-30-42(73-28-56-30)33-13-11-31(12-14-33)25-55-46(66)37-24-36(63)27-61(37)47(67)43(50(2,3)4)58-39(64)10-8-9-21-72-48(68)34-17-20-38(54-26-34)57-45-40(44(53)65)41(59-62(45)29-71-22-23-75(5,6)7)32-15-18-35(19-16-32)60-74(69,70)49(51)52/h11-20,26,28,36-37,43,49,60,63H,8-10,21-25,27,29H2,1-7H3,(H2,53,65)(H,54,57)(H,55,66)(H,58,64)/t36-,37+,43-/m1/s1. The van der Waals surface area contributed by atoms with Gasteiger partial charge in [-0.05, 0) is 66.6 Å². The van der Waals surface area contributed by atoms with Crippen molar-refractivity contribution in [2.24, 2.45) is 11.1 Å². The molecule has 404 valence electrons. The SMILES string of the molecule is Cc1ncsc1-c1ccc(CNC(=O)[C@@H]2C[C@@H](O)CN2C(=O)[C@@H](NC(=O)CCCCOC(=O)c2ccc(Nc3c(C(N)=O)c(-c4ccc(NS(=O)(=O)C(F)F)cc4)nn3COCC[Si](C)(C)C)nc2)C(C)(C)C)cc1. The zero-order valence-electron chi connectivity index (χ0n) is 42.8. The number of aryl methyl sites for hydroxylation is 1. The number of thiazole rings is 1. The third kappa shape index (κ3) is 15.7. The number of aliphatic hydroxyl groups excluding tert-OH is 1. The second kappa shape index (κ2) is 24.8. The van der Waals surface area contributed by atoms with E-state index in [0.717, 1.165) is 27.7 Å². The Labute approximate surface area is 439 Å². The Kier molecular flexibility index (Phi) is 19.0. The number of ether oxygens (including phenoxy) is 2. The number of β-amino-alcohol motifs (C(OH)–C–C–N with tert-alkyl or cyclic N) is 1. The monoisotopic (exact) mass is 1090 g/mol. The van der Waals surface area contributed by atoms with Crippen LogP contribution in [0.15, 0.2) is 72.4 Å². The molecule has 75 heavy (non-hydrogen) atoms. The number of anilines is 3. The molecule has 6 rings (SSSR count). The molecule has 1 aliphatic rings. The highest BCUT2D eigenvalue weighted by Crippen LogP contribution is 2.33. The quantitative estimate of drug-likeness (QED) is 0.0215. The van der Waals surface area contributed by atoms with Gasteiger partial charge in [-0.15, -0.1) is 11.3 Å². The van der Waals surface area contributed by atoms with Gasteiger partial charge in [-0.2, -0.15) is 13.9 Å². The van der Waals surface area contributed by atoms with Gasteiger partial charge < -0.3 is 41.2 Å². The number of amides is 4. The number of nitrogens with two attached hydrogens (primary N) is 1. The fourth-order valence-corrected chi connectivity index (χ4v) is 10.0. The number of hydrogen-bond donors (Lipinski definition) is 6. The van der Waals surface area contributed by atoms with Crippen LogP contribution in [-0.2, 0) is 47.2 Å². The van der Waals surface area contributed by atoms with Crippen LogP contribution in [0.1, 0.15) is 78.4 Å². The number of likely N-dealkylation sites (tertiary alicyclic amines) is 1. The van der Waals surface area contributed by atoms with E-state index >= 15 is 0 Å². The first-order valence-corrected chi connectivity index (χ1v) is 30.3. The van der Waals surface area contributed by atoms with E-state index in [-0.39, 0.29) is 73.4 Å². The average Bonchev–Trinajstić information content (AvgIpc) is 4.07. The number of rotatable bonds is 24. The van der Waals surface area contributed by atoms with E-state index < -0.39 is 77.1 Å². The van der Waals surface area contributed by atoms with Crippen molar-refractivity contribution in [2.75, 3.05) is 29.8 Å². The minimum Gasteiger partial charge on any atom is -0.462 e. The van der Waals surface area contributed by atoms with Crippen LogP contribution in [0, 0.1) is 12.3 Å². The highest BCUT2D eigenvalue weighted by molar-refractivity contribution is 7.93. The van der Waals surface area contributed by atoms with Crippen LogP contribution < -0.4 is 26.4 Å². The molecule has 4 amide bonds. The average molecular weight is 1100 g/mol. The summed E-state index contributed by atoms with van der Waals surface area (Å²) in [6, 6.07) is 14.8. The third-order valence-corrected chi connectivity index (χ3v) is 15.7. The summed E-state index contributed by atoms with van der Waals surface area (Å²) < 4.78 is 63.9. The van der Waals surface area contributed by atoms with E-state index in [1.807, 2.05) is 31.2 Å². The number of esters is 1. The molecule has 7 N–H and O–H groups in total. The maximum absolute atomic E-state index is 14.1. The van der Waals surface area contributed by atoms with Gasteiger partial charge in [0.15, 0.2) is 0 Å². The molecule has 0 spiro atoms. The maximum Gasteiger partial charge on any atom is 0.355 e. The Balaban J connectivity index is 1.01. The number of primary amides is 1. The van der Waals surface area contributed by atoms with Crippen molar-refractivity contribution < 1.29 is 55.8 Å². The molecular weight excluding hydrogens is 1030 g/mol. The van der Waals surface area contributed by atoms with E-state index in [2.05, 4.69) is 50.7 Å². The number of carbonyl (C=O) groups excluding carboxylic acids is 5. The Morgan fingerprint density at radius 3 is 2.25 bits per heavy atom. The highest BCUT2D eigenvalue weighted by Gasteiger charge is 2.44. The second-order valence-corrected chi connectivity index (χ2v) is 28.5. The van der Waals surface area contributed by atoms with Gasteiger partial charge in [0.2, 0.25) is 17.7 Å². The van der Waals surface area contributed by atoms with E-state index in [4.69, 9.17) is 15.2 Å². The Hall–Kier alpha value is -6.67. The normalized spacial score (nSPS) is 15.4. The molecule has 1 aliphatic heterocycles. The van der Waals surface area contributed by atoms with Crippen LogP contribution in [0.3, 0.4) is 0 Å². The number of pyridine rings is 1. The van der Waals surface area contributed by atoms with Crippen molar-refractivity contribution in [1.82, 2.24) is 35.3 Å². The zero-order chi connectivity index (χ0) is 54.8. The molecule has 1 fully saturated rings. The van der Waals surface area contributed by atoms with Gasteiger partial charge in [-0.25, -0.2) is 27.9 Å². The van der Waals surface area contributed by atoms with E-state index in [9.17, 15) is 46.3 Å². The van der Waals surface area contributed by atoms with Gasteiger partial charge in [0.05, 0.1) is 34.4 Å². The number of sulfonamides is 1. The van der Waals surface area contributed by atoms with E-state index in [0.29, 0.717) is 25.0 Å². The van der Waals surface area contributed by atoms with Crippen molar-refractivity contribution in [2.45, 2.75) is 116 Å². The van der Waals surface area contributed by atoms with Gasteiger partial charge in [0, 0.05) is 58.1 Å². The van der Waals surface area contributed by atoms with Gasteiger partial charge in [-0.1, -0.05) is 76.8 Å². The van der Waals surface area contributed by atoms with Gasteiger partial charge in [0.25, 0.3) is 15.9 Å². The Bertz CT molecular complexity index is 2930. The number of benzene rings is 2. The second-order valence-electron chi connectivity index (χ2n) is 20.4. The fraction of sp³-hybridized carbons (Fsp3) is 0.440. The summed E-state index contributed by atoms with van der Waals surface area (Å²) in [6.07, 6.45) is 1.02. The topological polar surface area (TPSA) is 279 Å². The van der Waals surface area contributed by atoms with Gasteiger partial charge in [-0.3, -0.25) is 23.9 Å². The number of halogens is 2. The summed E-state index contributed by atoms with van der Waals surface area (Å²) in [4.78, 5) is 77.9. The van der Waals surface area contributed by atoms with Gasteiger partial charge in [0.1, 0.15) is 41.7 Å². The van der Waals surface area contributed by atoms with Crippen molar-refractivity contribution in [3.8, 4) is 21.7 Å². The predicted molar refractivity (Wildman–Crippen MR) is 282 cm³/mol. The summed E-state index contributed by atoms with van der Waals surface area (Å²) in [5.41, 5.74) is 9.98. The molecule has 0 unspecified atom stereocenters. The third-order valence-electron chi connectivity index (χ3n) is 12.1. The Morgan fingerprint density at radius 1 is 0.960 bits per heavy atom. The first kappa shape index (κ1) is 57.6. The van der Waals surface area contributed by atoms with Crippen LogP contribution in [0.25, 0.3) is 21.7 Å². The number of carbonyl (C=O) groups is 5. The summed E-state index contributed by atoms with van der Waals surface area (Å²) in [5.74, 6) is -6.27. The summed E-state index contributed by atoms with van der Waals surface area (Å²) >= 11 is 1.55. The lowest BCUT2D eigenvalue weighted by atomic mass is 9.85. The van der Waals surface area contributed by atoms with Crippen molar-refractivity contribution in [3.63, 3.8) is 0 Å². The van der Waals surface area contributed by atoms with Gasteiger partial charge >= 0.3 is 11.7 Å². The van der Waals surface area contributed by atoms with Crippen LogP contribution in [-0.4, -0.2) is 120 Å². The zero-order valence-corrected chi connectivity index (χ0v) is 45.4. The molecule has 25 heteroatoms. The maximum atomic E-state index is 14.1. The van der Waals surface area contributed by atoms with Crippen LogP contribution in [0.2, 0.25) is 25.7 Å². The molecule has 3 aromatic heterocycles. The van der Waals surface area contributed by atoms with Crippen molar-refractivity contribution in [1.29, 1.82) is 0 Å². The number of aromatic nitrogens is 4. The molecule has 0 aliphatic carbocycles. The number of unbranched alkanes of at least 4 members (excludes halogenated alkanes) is 1. The minimum absolute atomic E-state index is 0.0102. The van der Waals surface area contributed by atoms with Crippen molar-refractivity contribution in [3.05, 3.63) is 94.8 Å². The van der Waals surface area contributed by atoms with Crippen LogP contribution >= 0.6 is 11.3 Å². The summed E-state index contributed by atoms with van der Waals surface area (Å²) in [7, 11) is -6.41. The lowest BCUT2D eigenvalue weighted by Crippen LogP contribution is -2.57. The lowest BCUT2D eigenvalue weighted by Gasteiger charge is -2.35. The van der Waals surface area contributed by atoms with Crippen LogP contribution in [0.5, 0.6) is 0 Å². The molecule has 2 aromatic carbocycles. The van der Waals surface area contributed by atoms with E-state index in [1.165, 1.54) is 52.2 Å². The Morgan fingerprint density at radius 2 is 1.65 bits per heavy atom. The molecule has 0 radical (unpaired) electrons. The molecule has 0 saturated carbocycles. The highest BCUT2D eigenvalue weighted by atomic mass is 32.2. The molecular formula is C50H64F2N10O10S2Si. The number of aliphatic hydroxyl groups is 1. The molecule has 20 nitrogen and oxygen atoms in total. The number of hydrogen-bond acceptors (Lipinski definition) is 15. The first-order valence-electron chi connectivity index (χ1n) is 24.1. The smallest absolute Gasteiger partial charge is 0.355 e. The molecule has 1 saturated heterocycles. The molecule has 4 heterocycles. The minimum atomic E-state index is -4.93. The summed E-state index contributed by atoms with van der Waals surface area (Å²) in [6.45, 7) is 14.3. The molecule has 0 bridgehead atoms. The number of nitrogens with one attached hydrogen (secondary N) is 4. The number of alkyl halides is 2. The predicted octanol–water partition coefficient (Wildman–Crippen LogP) is 6.63. The fourth-order valence-electron chi connectivity index (χ4n) is 7.91. The number of nitrogens with zero attached hydrogens (tertiary/aromatic N) is 5. The molecule has 3 atom stereocenters. The largest absolute Gasteiger partial charge is 0.462 e. The lowest BCUT2D eigenvalue weighted by molar-refractivity contribution is -0.144. The summed E-state index contributed by atoms with van der Waals surface area (Å²) in [5, 5.41) is 23.9. The van der Waals surface area contributed by atoms with Crippen LogP contribution in [0.4, 0.5) is 26.1 Å². The van der Waals surface area contributed by atoms with E-state index in [1.54, 1.807) is 42.3 Å².